The van der Waals surface area contributed by atoms with Crippen molar-refractivity contribution in [2.75, 3.05) is 0 Å². The molecule has 15 heavy (non-hydrogen) atoms. The van der Waals surface area contributed by atoms with E-state index in [1.54, 1.807) is 0 Å². The molecule has 2 aromatic heterocycles. The van der Waals surface area contributed by atoms with Crippen molar-refractivity contribution in [3.05, 3.63) is 29.6 Å². The normalized spacial score (nSPS) is 11.9. The Hall–Kier alpha value is -1.31. The zero-order valence-corrected chi connectivity index (χ0v) is 9.83. The Balaban J connectivity index is 2.75. The van der Waals surface area contributed by atoms with E-state index in [-0.39, 0.29) is 0 Å². The standard InChI is InChI=1S/C13H18N2/c1-8(2)11-10-6-5-7-14-13(10)15-12(11)9(3)4/h5-9H,1-4H3,(H,14,15). The molecule has 1 N–H and O–H groups in total. The SMILES string of the molecule is CC(C)c1[nH]c2ncccc2c1C(C)C. The molecule has 0 spiro atoms. The van der Waals surface area contributed by atoms with E-state index in [9.17, 15) is 0 Å². The molecule has 2 heterocycles. The van der Waals surface area contributed by atoms with Gasteiger partial charge in [0.05, 0.1) is 0 Å². The van der Waals surface area contributed by atoms with Gasteiger partial charge in [-0.05, 0) is 29.5 Å². The molecule has 2 nitrogen and oxygen atoms in total. The molecule has 0 atom stereocenters. The number of rotatable bonds is 2. The number of hydrogen-bond donors (Lipinski definition) is 1. The first-order valence-corrected chi connectivity index (χ1v) is 5.57. The predicted octanol–water partition coefficient (Wildman–Crippen LogP) is 3.81. The minimum atomic E-state index is 0.525. The lowest BCUT2D eigenvalue weighted by atomic mass is 9.95. The zero-order chi connectivity index (χ0) is 11.0. The Labute approximate surface area is 90.7 Å². The third-order valence-electron chi connectivity index (χ3n) is 2.80. The Morgan fingerprint density at radius 2 is 1.87 bits per heavy atom. The topological polar surface area (TPSA) is 28.7 Å². The molecule has 0 amide bonds. The average Bonchev–Trinajstić information content (AvgIpc) is 2.56. The molecule has 0 saturated heterocycles. The van der Waals surface area contributed by atoms with Gasteiger partial charge < -0.3 is 4.98 Å². The summed E-state index contributed by atoms with van der Waals surface area (Å²) in [6.45, 7) is 8.91. The second-order valence-corrected chi connectivity index (χ2v) is 4.66. The smallest absolute Gasteiger partial charge is 0.137 e. The molecule has 0 aliphatic carbocycles. The van der Waals surface area contributed by atoms with Crippen LogP contribution in [0.2, 0.25) is 0 Å². The zero-order valence-electron chi connectivity index (χ0n) is 9.83. The highest BCUT2D eigenvalue weighted by atomic mass is 14.9. The van der Waals surface area contributed by atoms with Gasteiger partial charge in [0.25, 0.3) is 0 Å². The number of nitrogens with one attached hydrogen (secondary N) is 1. The van der Waals surface area contributed by atoms with Crippen molar-refractivity contribution in [1.29, 1.82) is 0 Å². The van der Waals surface area contributed by atoms with Crippen LogP contribution in [0.1, 0.15) is 50.8 Å². The fraction of sp³-hybridized carbons (Fsp3) is 0.462. The van der Waals surface area contributed by atoms with Gasteiger partial charge >= 0.3 is 0 Å². The first-order chi connectivity index (χ1) is 7.11. The van der Waals surface area contributed by atoms with E-state index in [1.165, 1.54) is 16.6 Å². The number of H-pyrrole nitrogens is 1. The van der Waals surface area contributed by atoms with Gasteiger partial charge in [-0.25, -0.2) is 4.98 Å². The monoisotopic (exact) mass is 202 g/mol. The van der Waals surface area contributed by atoms with Gasteiger partial charge in [0.15, 0.2) is 0 Å². The number of fused-ring (bicyclic) bond motifs is 1. The van der Waals surface area contributed by atoms with Crippen molar-refractivity contribution in [3.8, 4) is 0 Å². The molecule has 80 valence electrons. The van der Waals surface area contributed by atoms with Crippen LogP contribution in [0.3, 0.4) is 0 Å². The molecular weight excluding hydrogens is 184 g/mol. The number of aromatic amines is 1. The number of nitrogens with zero attached hydrogens (tertiary/aromatic N) is 1. The molecule has 0 aliphatic heterocycles. The van der Waals surface area contributed by atoms with Crippen molar-refractivity contribution in [1.82, 2.24) is 9.97 Å². The van der Waals surface area contributed by atoms with Crippen molar-refractivity contribution in [3.63, 3.8) is 0 Å². The van der Waals surface area contributed by atoms with E-state index in [0.29, 0.717) is 11.8 Å². The van der Waals surface area contributed by atoms with Crippen LogP contribution >= 0.6 is 0 Å². The molecule has 2 heteroatoms. The molecule has 2 rings (SSSR count). The highest BCUT2D eigenvalue weighted by molar-refractivity contribution is 5.82. The van der Waals surface area contributed by atoms with Crippen LogP contribution in [0.4, 0.5) is 0 Å². The van der Waals surface area contributed by atoms with Crippen LogP contribution in [-0.4, -0.2) is 9.97 Å². The van der Waals surface area contributed by atoms with Crippen molar-refractivity contribution < 1.29 is 0 Å². The minimum Gasteiger partial charge on any atom is -0.343 e. The Kier molecular flexibility index (Phi) is 2.51. The van der Waals surface area contributed by atoms with Crippen molar-refractivity contribution >= 4 is 11.0 Å². The summed E-state index contributed by atoms with van der Waals surface area (Å²) < 4.78 is 0. The van der Waals surface area contributed by atoms with Gasteiger partial charge in [0.2, 0.25) is 0 Å². The van der Waals surface area contributed by atoms with Crippen LogP contribution in [-0.2, 0) is 0 Å². The fourth-order valence-electron chi connectivity index (χ4n) is 2.14. The van der Waals surface area contributed by atoms with Gasteiger partial charge in [-0.3, -0.25) is 0 Å². The quantitative estimate of drug-likeness (QED) is 0.788. The first kappa shape index (κ1) is 10.2. The summed E-state index contributed by atoms with van der Waals surface area (Å²) in [5.74, 6) is 1.07. The van der Waals surface area contributed by atoms with E-state index in [2.05, 4.69) is 43.7 Å². The second kappa shape index (κ2) is 3.69. The third kappa shape index (κ3) is 1.65. The molecule has 0 saturated carbocycles. The van der Waals surface area contributed by atoms with Crippen LogP contribution in [0, 0.1) is 0 Å². The van der Waals surface area contributed by atoms with E-state index >= 15 is 0 Å². The predicted molar refractivity (Wildman–Crippen MR) is 64.3 cm³/mol. The van der Waals surface area contributed by atoms with E-state index < -0.39 is 0 Å². The van der Waals surface area contributed by atoms with Gasteiger partial charge in [-0.15, -0.1) is 0 Å². The van der Waals surface area contributed by atoms with Crippen LogP contribution in [0.5, 0.6) is 0 Å². The van der Waals surface area contributed by atoms with E-state index in [1.807, 2.05) is 12.3 Å². The Morgan fingerprint density at radius 1 is 1.13 bits per heavy atom. The molecule has 0 bridgehead atoms. The second-order valence-electron chi connectivity index (χ2n) is 4.66. The Morgan fingerprint density at radius 3 is 2.47 bits per heavy atom. The summed E-state index contributed by atoms with van der Waals surface area (Å²) in [6, 6.07) is 4.16. The number of hydrogen-bond acceptors (Lipinski definition) is 1. The van der Waals surface area contributed by atoms with Crippen LogP contribution in [0.25, 0.3) is 11.0 Å². The van der Waals surface area contributed by atoms with Gasteiger partial charge in [-0.1, -0.05) is 27.7 Å². The van der Waals surface area contributed by atoms with Gasteiger partial charge in [-0.2, -0.15) is 0 Å². The van der Waals surface area contributed by atoms with Gasteiger partial charge in [0.1, 0.15) is 5.65 Å². The third-order valence-corrected chi connectivity index (χ3v) is 2.80. The average molecular weight is 202 g/mol. The first-order valence-electron chi connectivity index (χ1n) is 5.57. The molecule has 0 unspecified atom stereocenters. The molecule has 2 aromatic rings. The molecule has 0 aromatic carbocycles. The minimum absolute atomic E-state index is 0.525. The maximum absolute atomic E-state index is 4.37. The molecule has 0 radical (unpaired) electrons. The lowest BCUT2D eigenvalue weighted by molar-refractivity contribution is 0.778. The largest absolute Gasteiger partial charge is 0.343 e. The summed E-state index contributed by atoms with van der Waals surface area (Å²) in [5, 5.41) is 1.27. The van der Waals surface area contributed by atoms with E-state index in [4.69, 9.17) is 0 Å². The van der Waals surface area contributed by atoms with Gasteiger partial charge in [0, 0.05) is 17.3 Å². The summed E-state index contributed by atoms with van der Waals surface area (Å²) in [7, 11) is 0. The maximum atomic E-state index is 4.37. The fourth-order valence-corrected chi connectivity index (χ4v) is 2.14. The molecular formula is C13H18N2. The molecule has 0 fully saturated rings. The number of pyridine rings is 1. The lowest BCUT2D eigenvalue weighted by Gasteiger charge is -2.10. The summed E-state index contributed by atoms with van der Waals surface area (Å²) >= 11 is 0. The number of aromatic nitrogens is 2. The summed E-state index contributed by atoms with van der Waals surface area (Å²) in [5.41, 5.74) is 3.77. The van der Waals surface area contributed by atoms with E-state index in [0.717, 1.165) is 5.65 Å². The van der Waals surface area contributed by atoms with Crippen LogP contribution < -0.4 is 0 Å². The van der Waals surface area contributed by atoms with Crippen molar-refractivity contribution in [2.24, 2.45) is 0 Å². The maximum Gasteiger partial charge on any atom is 0.137 e. The molecule has 0 aliphatic rings. The Bertz CT molecular complexity index is 466. The highest BCUT2D eigenvalue weighted by Crippen LogP contribution is 2.31. The van der Waals surface area contributed by atoms with Crippen LogP contribution in [0.15, 0.2) is 18.3 Å². The van der Waals surface area contributed by atoms with Crippen molar-refractivity contribution in [2.45, 2.75) is 39.5 Å². The summed E-state index contributed by atoms with van der Waals surface area (Å²) in [4.78, 5) is 7.81. The summed E-state index contributed by atoms with van der Waals surface area (Å²) in [6.07, 6.45) is 1.84. The highest BCUT2D eigenvalue weighted by Gasteiger charge is 2.16. The lowest BCUT2D eigenvalue weighted by Crippen LogP contribution is -1.95.